The molecule has 4 unspecified atom stereocenters. The van der Waals surface area contributed by atoms with Crippen LogP contribution in [0.4, 0.5) is 0 Å². The van der Waals surface area contributed by atoms with Gasteiger partial charge in [-0.25, -0.2) is 0 Å². The fraction of sp³-hybridized carbons (Fsp3) is 0.917. The van der Waals surface area contributed by atoms with Crippen LogP contribution < -0.4 is 5.32 Å². The van der Waals surface area contributed by atoms with Crippen molar-refractivity contribution in [3.05, 3.63) is 0 Å². The summed E-state index contributed by atoms with van der Waals surface area (Å²) in [6.07, 6.45) is 5.27. The summed E-state index contributed by atoms with van der Waals surface area (Å²) in [6, 6.07) is 0.452. The average molecular weight is 211 g/mol. The van der Waals surface area contributed by atoms with Gasteiger partial charge in [-0.1, -0.05) is 13.3 Å². The van der Waals surface area contributed by atoms with Gasteiger partial charge in [0.25, 0.3) is 0 Å². The number of nitrogens with one attached hydrogen (secondary N) is 1. The van der Waals surface area contributed by atoms with Gasteiger partial charge in [0, 0.05) is 6.04 Å². The highest BCUT2D eigenvalue weighted by molar-refractivity contribution is 5.70. The first-order chi connectivity index (χ1) is 7.16. The lowest BCUT2D eigenvalue weighted by atomic mass is 9.86. The summed E-state index contributed by atoms with van der Waals surface area (Å²) < 4.78 is 0. The molecule has 0 aromatic rings. The van der Waals surface area contributed by atoms with Gasteiger partial charge in [0.1, 0.15) is 0 Å². The monoisotopic (exact) mass is 211 g/mol. The lowest BCUT2D eigenvalue weighted by Gasteiger charge is -2.27. The summed E-state index contributed by atoms with van der Waals surface area (Å²) >= 11 is 0. The first-order valence-corrected chi connectivity index (χ1v) is 6.13. The van der Waals surface area contributed by atoms with Crippen LogP contribution in [-0.4, -0.2) is 23.7 Å². The number of carboxylic acid groups (broad SMARTS) is 1. The summed E-state index contributed by atoms with van der Waals surface area (Å²) in [7, 11) is 0. The molecule has 0 heterocycles. The Kier molecular flexibility index (Phi) is 3.29. The Labute approximate surface area is 91.2 Å². The minimum atomic E-state index is -0.610. The van der Waals surface area contributed by atoms with Crippen LogP contribution in [0.25, 0.3) is 0 Å². The van der Waals surface area contributed by atoms with Crippen LogP contribution in [0.15, 0.2) is 0 Å². The van der Waals surface area contributed by atoms with Crippen molar-refractivity contribution in [1.29, 1.82) is 0 Å². The largest absolute Gasteiger partial charge is 0.481 e. The molecular formula is C12H21NO2. The second-order valence-electron chi connectivity index (χ2n) is 5.28. The van der Waals surface area contributed by atoms with Crippen LogP contribution in [0, 0.1) is 17.8 Å². The first kappa shape index (κ1) is 10.9. The molecule has 0 radical (unpaired) electrons. The van der Waals surface area contributed by atoms with E-state index in [1.54, 1.807) is 0 Å². The van der Waals surface area contributed by atoms with Crippen molar-refractivity contribution in [2.45, 2.75) is 45.1 Å². The predicted molar refractivity (Wildman–Crippen MR) is 58.7 cm³/mol. The van der Waals surface area contributed by atoms with Crippen LogP contribution in [0.2, 0.25) is 0 Å². The van der Waals surface area contributed by atoms with E-state index in [-0.39, 0.29) is 5.92 Å². The van der Waals surface area contributed by atoms with Gasteiger partial charge in [-0.2, -0.15) is 0 Å². The molecule has 3 heteroatoms. The third kappa shape index (κ3) is 2.94. The Balaban J connectivity index is 1.70. The second kappa shape index (κ2) is 4.52. The SMILES string of the molecule is CC1CC1CNC1CCCC(C(=O)O)C1. The third-order valence-electron chi connectivity index (χ3n) is 3.97. The number of hydrogen-bond acceptors (Lipinski definition) is 2. The summed E-state index contributed by atoms with van der Waals surface area (Å²) in [6.45, 7) is 3.38. The number of carbonyl (C=O) groups is 1. The Morgan fingerprint density at radius 3 is 2.73 bits per heavy atom. The fourth-order valence-corrected chi connectivity index (χ4v) is 2.60. The molecule has 86 valence electrons. The minimum Gasteiger partial charge on any atom is -0.481 e. The Morgan fingerprint density at radius 2 is 2.13 bits per heavy atom. The molecule has 3 nitrogen and oxygen atoms in total. The Morgan fingerprint density at radius 1 is 1.40 bits per heavy atom. The fourth-order valence-electron chi connectivity index (χ4n) is 2.60. The molecular weight excluding hydrogens is 190 g/mol. The molecule has 0 bridgehead atoms. The van der Waals surface area contributed by atoms with E-state index in [9.17, 15) is 4.79 Å². The normalized spacial score (nSPS) is 40.1. The molecule has 2 N–H and O–H groups in total. The van der Waals surface area contributed by atoms with Crippen molar-refractivity contribution in [3.63, 3.8) is 0 Å². The molecule has 0 aromatic heterocycles. The number of carboxylic acids is 1. The van der Waals surface area contributed by atoms with Crippen LogP contribution in [0.5, 0.6) is 0 Å². The Bertz CT molecular complexity index is 242. The van der Waals surface area contributed by atoms with Crippen molar-refractivity contribution in [2.75, 3.05) is 6.54 Å². The maximum Gasteiger partial charge on any atom is 0.306 e. The minimum absolute atomic E-state index is 0.104. The van der Waals surface area contributed by atoms with E-state index in [0.717, 1.165) is 44.1 Å². The highest BCUT2D eigenvalue weighted by Crippen LogP contribution is 2.37. The standard InChI is InChI=1S/C12H21NO2/c1-8-5-10(8)7-13-11-4-2-3-9(6-11)12(14)15/h8-11,13H,2-7H2,1H3,(H,14,15). The topological polar surface area (TPSA) is 49.3 Å². The van der Waals surface area contributed by atoms with Crippen LogP contribution >= 0.6 is 0 Å². The van der Waals surface area contributed by atoms with Crippen molar-refractivity contribution in [3.8, 4) is 0 Å². The molecule has 2 aliphatic rings. The molecule has 2 saturated carbocycles. The molecule has 4 atom stereocenters. The maximum absolute atomic E-state index is 10.9. The quantitative estimate of drug-likeness (QED) is 0.746. The molecule has 0 spiro atoms. The lowest BCUT2D eigenvalue weighted by Crippen LogP contribution is -2.37. The lowest BCUT2D eigenvalue weighted by molar-refractivity contribution is -0.143. The van der Waals surface area contributed by atoms with E-state index in [2.05, 4.69) is 12.2 Å². The maximum atomic E-state index is 10.9. The highest BCUT2D eigenvalue weighted by atomic mass is 16.4. The first-order valence-electron chi connectivity index (χ1n) is 6.13. The Hall–Kier alpha value is -0.570. The van der Waals surface area contributed by atoms with Crippen LogP contribution in [0.3, 0.4) is 0 Å². The zero-order chi connectivity index (χ0) is 10.8. The van der Waals surface area contributed by atoms with Crippen LogP contribution in [0.1, 0.15) is 39.0 Å². The van der Waals surface area contributed by atoms with Crippen molar-refractivity contribution >= 4 is 5.97 Å². The van der Waals surface area contributed by atoms with E-state index < -0.39 is 5.97 Å². The molecule has 15 heavy (non-hydrogen) atoms. The van der Waals surface area contributed by atoms with Gasteiger partial charge >= 0.3 is 5.97 Å². The van der Waals surface area contributed by atoms with Gasteiger partial charge in [0.05, 0.1) is 5.92 Å². The molecule has 0 aliphatic heterocycles. The summed E-state index contributed by atoms with van der Waals surface area (Å²) in [5.74, 6) is 1.03. The van der Waals surface area contributed by atoms with Crippen molar-refractivity contribution in [1.82, 2.24) is 5.32 Å². The molecule has 2 aliphatic carbocycles. The molecule has 2 fully saturated rings. The molecule has 0 amide bonds. The smallest absolute Gasteiger partial charge is 0.306 e. The van der Waals surface area contributed by atoms with Gasteiger partial charge in [0.2, 0.25) is 0 Å². The summed E-state index contributed by atoms with van der Waals surface area (Å²) in [5.41, 5.74) is 0. The molecule has 0 saturated heterocycles. The van der Waals surface area contributed by atoms with Gasteiger partial charge < -0.3 is 10.4 Å². The van der Waals surface area contributed by atoms with Gasteiger partial charge in [0.15, 0.2) is 0 Å². The van der Waals surface area contributed by atoms with Crippen LogP contribution in [-0.2, 0) is 4.79 Å². The molecule has 2 rings (SSSR count). The van der Waals surface area contributed by atoms with Gasteiger partial charge in [-0.15, -0.1) is 0 Å². The third-order valence-corrected chi connectivity index (χ3v) is 3.97. The van der Waals surface area contributed by atoms with E-state index in [1.807, 2.05) is 0 Å². The van der Waals surface area contributed by atoms with Gasteiger partial charge in [-0.05, 0) is 44.1 Å². The number of aliphatic carboxylic acids is 1. The number of rotatable bonds is 4. The van der Waals surface area contributed by atoms with Crippen molar-refractivity contribution < 1.29 is 9.90 Å². The van der Waals surface area contributed by atoms with E-state index >= 15 is 0 Å². The summed E-state index contributed by atoms with van der Waals surface area (Å²) in [5, 5.41) is 12.5. The van der Waals surface area contributed by atoms with Crippen molar-refractivity contribution in [2.24, 2.45) is 17.8 Å². The molecule has 0 aromatic carbocycles. The average Bonchev–Trinajstić information content (AvgIpc) is 2.92. The van der Waals surface area contributed by atoms with E-state index in [0.29, 0.717) is 6.04 Å². The summed E-state index contributed by atoms with van der Waals surface area (Å²) in [4.78, 5) is 10.9. The second-order valence-corrected chi connectivity index (χ2v) is 5.28. The highest BCUT2D eigenvalue weighted by Gasteiger charge is 2.33. The zero-order valence-corrected chi connectivity index (χ0v) is 9.41. The zero-order valence-electron chi connectivity index (χ0n) is 9.41. The van der Waals surface area contributed by atoms with Gasteiger partial charge in [-0.3, -0.25) is 4.79 Å². The predicted octanol–water partition coefficient (Wildman–Crippen LogP) is 1.88. The van der Waals surface area contributed by atoms with E-state index in [4.69, 9.17) is 5.11 Å². The van der Waals surface area contributed by atoms with E-state index in [1.165, 1.54) is 6.42 Å². The number of hydrogen-bond donors (Lipinski definition) is 2.